The Balaban J connectivity index is 2.18. The molecular weight excluding hydrogens is 277 g/mol. The molecule has 0 amide bonds. The number of hydrogen-bond acceptors (Lipinski definition) is 4. The summed E-state index contributed by atoms with van der Waals surface area (Å²) in [6, 6.07) is 8.07. The van der Waals surface area contributed by atoms with E-state index < -0.39 is 7.12 Å². The van der Waals surface area contributed by atoms with Crippen molar-refractivity contribution in [1.82, 2.24) is 0 Å². The molecule has 2 rings (SSSR count). The van der Waals surface area contributed by atoms with Crippen LogP contribution < -0.4 is 5.73 Å². The molecule has 1 heterocycles. The van der Waals surface area contributed by atoms with Crippen molar-refractivity contribution in [1.29, 1.82) is 0 Å². The van der Waals surface area contributed by atoms with Gasteiger partial charge >= 0.3 is 7.12 Å². The van der Waals surface area contributed by atoms with Gasteiger partial charge in [0.15, 0.2) is 0 Å². The second kappa shape index (κ2) is 6.55. The van der Waals surface area contributed by atoms with Gasteiger partial charge in [-0.2, -0.15) is 0 Å². The smallest absolute Gasteiger partial charge is 0.400 e. The SMILES string of the molecule is CC1(C)OB(C(=Cc2ccc(CCO)cc2)CN)OC1(C)C. The molecule has 22 heavy (non-hydrogen) atoms. The normalized spacial score (nSPS) is 20.5. The Labute approximate surface area is 133 Å². The zero-order valence-corrected chi connectivity index (χ0v) is 13.9. The van der Waals surface area contributed by atoms with Crippen molar-refractivity contribution < 1.29 is 14.4 Å². The Morgan fingerprint density at radius 2 is 1.68 bits per heavy atom. The predicted octanol–water partition coefficient (Wildman–Crippen LogP) is 2.19. The minimum atomic E-state index is -0.410. The average molecular weight is 303 g/mol. The molecule has 0 atom stereocenters. The minimum Gasteiger partial charge on any atom is -0.400 e. The van der Waals surface area contributed by atoms with Crippen molar-refractivity contribution >= 4 is 13.2 Å². The Bertz CT molecular complexity index is 521. The summed E-state index contributed by atoms with van der Waals surface area (Å²) < 4.78 is 12.1. The van der Waals surface area contributed by atoms with E-state index in [1.54, 1.807) is 0 Å². The minimum absolute atomic E-state index is 0.164. The number of nitrogens with two attached hydrogens (primary N) is 1. The van der Waals surface area contributed by atoms with E-state index in [-0.39, 0.29) is 17.8 Å². The van der Waals surface area contributed by atoms with E-state index in [9.17, 15) is 0 Å². The highest BCUT2D eigenvalue weighted by molar-refractivity contribution is 6.55. The maximum absolute atomic E-state index is 8.95. The summed E-state index contributed by atoms with van der Waals surface area (Å²) in [6.45, 7) is 8.68. The fourth-order valence-corrected chi connectivity index (χ4v) is 2.34. The van der Waals surface area contributed by atoms with E-state index in [1.165, 1.54) is 0 Å². The first-order valence-electron chi connectivity index (χ1n) is 7.75. The zero-order valence-electron chi connectivity index (χ0n) is 13.9. The van der Waals surface area contributed by atoms with Crippen molar-refractivity contribution in [3.05, 3.63) is 40.9 Å². The molecule has 1 saturated heterocycles. The summed E-state index contributed by atoms with van der Waals surface area (Å²) >= 11 is 0. The van der Waals surface area contributed by atoms with Gasteiger partial charge in [0, 0.05) is 13.2 Å². The maximum atomic E-state index is 8.95. The van der Waals surface area contributed by atoms with Crippen molar-refractivity contribution in [2.75, 3.05) is 13.2 Å². The molecule has 0 unspecified atom stereocenters. The largest absolute Gasteiger partial charge is 0.491 e. The van der Waals surface area contributed by atoms with Gasteiger partial charge in [0.05, 0.1) is 11.2 Å². The van der Waals surface area contributed by atoms with Crippen LogP contribution in [0.4, 0.5) is 0 Å². The third-order valence-corrected chi connectivity index (χ3v) is 4.52. The van der Waals surface area contributed by atoms with E-state index in [4.69, 9.17) is 20.1 Å². The van der Waals surface area contributed by atoms with Crippen molar-refractivity contribution in [2.45, 2.75) is 45.3 Å². The number of aliphatic hydroxyl groups is 1. The maximum Gasteiger partial charge on any atom is 0.491 e. The van der Waals surface area contributed by atoms with Crippen LogP contribution in [0.2, 0.25) is 0 Å². The molecule has 1 aromatic rings. The van der Waals surface area contributed by atoms with E-state index in [0.717, 1.165) is 16.6 Å². The highest BCUT2D eigenvalue weighted by Crippen LogP contribution is 2.38. The van der Waals surface area contributed by atoms with Gasteiger partial charge in [-0.1, -0.05) is 30.3 Å². The van der Waals surface area contributed by atoms with Gasteiger partial charge in [-0.3, -0.25) is 0 Å². The van der Waals surface area contributed by atoms with Crippen LogP contribution in [-0.4, -0.2) is 36.6 Å². The van der Waals surface area contributed by atoms with E-state index in [1.807, 2.05) is 58.0 Å². The first kappa shape index (κ1) is 17.2. The monoisotopic (exact) mass is 303 g/mol. The summed E-state index contributed by atoms with van der Waals surface area (Å²) in [5.74, 6) is 0. The van der Waals surface area contributed by atoms with Gasteiger partial charge in [-0.25, -0.2) is 0 Å². The van der Waals surface area contributed by atoms with E-state index >= 15 is 0 Å². The number of aliphatic hydroxyl groups excluding tert-OH is 1. The van der Waals surface area contributed by atoms with E-state index in [0.29, 0.717) is 13.0 Å². The third-order valence-electron chi connectivity index (χ3n) is 4.52. The molecule has 0 bridgehead atoms. The third kappa shape index (κ3) is 3.61. The first-order valence-corrected chi connectivity index (χ1v) is 7.75. The Morgan fingerprint density at radius 1 is 1.14 bits per heavy atom. The van der Waals surface area contributed by atoms with Crippen molar-refractivity contribution in [3.8, 4) is 0 Å². The summed E-state index contributed by atoms with van der Waals surface area (Å²) in [7, 11) is -0.410. The van der Waals surface area contributed by atoms with Crippen LogP contribution in [0.5, 0.6) is 0 Å². The topological polar surface area (TPSA) is 64.7 Å². The molecule has 4 nitrogen and oxygen atoms in total. The molecule has 1 aromatic carbocycles. The molecule has 1 aliphatic heterocycles. The van der Waals surface area contributed by atoms with E-state index in [2.05, 4.69) is 0 Å². The Kier molecular flexibility index (Phi) is 5.12. The van der Waals surface area contributed by atoms with Crippen LogP contribution in [0.3, 0.4) is 0 Å². The van der Waals surface area contributed by atoms with Crippen molar-refractivity contribution in [2.24, 2.45) is 5.73 Å². The molecule has 0 radical (unpaired) electrons. The molecule has 0 saturated carbocycles. The second-order valence-electron chi connectivity index (χ2n) is 6.73. The lowest BCUT2D eigenvalue weighted by Gasteiger charge is -2.32. The van der Waals surface area contributed by atoms with Crippen LogP contribution in [-0.2, 0) is 15.7 Å². The summed E-state index contributed by atoms with van der Waals surface area (Å²) in [6.07, 6.45) is 2.69. The summed E-state index contributed by atoms with van der Waals surface area (Å²) in [4.78, 5) is 0. The molecule has 0 aliphatic carbocycles. The predicted molar refractivity (Wildman–Crippen MR) is 90.3 cm³/mol. The molecule has 0 spiro atoms. The molecular formula is C17H26BNO3. The lowest BCUT2D eigenvalue weighted by Crippen LogP contribution is -2.41. The number of hydrogen-bond donors (Lipinski definition) is 2. The standard InChI is InChI=1S/C17H26BNO3/c1-16(2)17(3,4)22-18(21-16)15(12-19)11-14-7-5-13(6-8-14)9-10-20/h5-8,11,20H,9-10,12,19H2,1-4H3. The molecule has 5 heteroatoms. The fourth-order valence-electron chi connectivity index (χ4n) is 2.34. The second-order valence-corrected chi connectivity index (χ2v) is 6.73. The van der Waals surface area contributed by atoms with Gasteiger partial charge in [0.25, 0.3) is 0 Å². The van der Waals surface area contributed by atoms with Gasteiger partial charge in [-0.05, 0) is 50.7 Å². The number of rotatable bonds is 5. The van der Waals surface area contributed by atoms with Gasteiger partial charge < -0.3 is 20.1 Å². The molecule has 1 aliphatic rings. The van der Waals surface area contributed by atoms with Gasteiger partial charge in [-0.15, -0.1) is 0 Å². The molecule has 120 valence electrons. The average Bonchev–Trinajstić information content (AvgIpc) is 2.67. The van der Waals surface area contributed by atoms with Gasteiger partial charge in [0.2, 0.25) is 0 Å². The lowest BCUT2D eigenvalue weighted by molar-refractivity contribution is 0.00578. The van der Waals surface area contributed by atoms with Crippen LogP contribution in [0, 0.1) is 0 Å². The number of benzene rings is 1. The Morgan fingerprint density at radius 3 is 2.14 bits per heavy atom. The van der Waals surface area contributed by atoms with Crippen LogP contribution >= 0.6 is 0 Å². The molecule has 1 fully saturated rings. The fraction of sp³-hybridized carbons (Fsp3) is 0.529. The molecule has 3 N–H and O–H groups in total. The first-order chi connectivity index (χ1) is 10.3. The Hall–Kier alpha value is -1.14. The van der Waals surface area contributed by atoms with Gasteiger partial charge in [0.1, 0.15) is 0 Å². The summed E-state index contributed by atoms with van der Waals surface area (Å²) in [5.41, 5.74) is 8.26. The van der Waals surface area contributed by atoms with Crippen LogP contribution in [0.15, 0.2) is 29.7 Å². The summed E-state index contributed by atoms with van der Waals surface area (Å²) in [5, 5.41) is 8.95. The van der Waals surface area contributed by atoms with Crippen molar-refractivity contribution in [3.63, 3.8) is 0 Å². The highest BCUT2D eigenvalue weighted by atomic mass is 16.7. The molecule has 0 aromatic heterocycles. The highest BCUT2D eigenvalue weighted by Gasteiger charge is 2.52. The quantitative estimate of drug-likeness (QED) is 0.819. The lowest BCUT2D eigenvalue weighted by atomic mass is 9.77. The van der Waals surface area contributed by atoms with Crippen LogP contribution in [0.25, 0.3) is 6.08 Å². The zero-order chi connectivity index (χ0) is 16.4. The van der Waals surface area contributed by atoms with Crippen LogP contribution in [0.1, 0.15) is 38.8 Å².